The monoisotopic (exact) mass is 353 g/mol. The van der Waals surface area contributed by atoms with Crippen LogP contribution in [0.25, 0.3) is 0 Å². The highest BCUT2D eigenvalue weighted by Crippen LogP contribution is 2.31. The normalized spacial score (nSPS) is 18.5. The Balaban J connectivity index is 1.51. The summed E-state index contributed by atoms with van der Waals surface area (Å²) in [5, 5.41) is 0. The molecule has 0 spiro atoms. The van der Waals surface area contributed by atoms with Gasteiger partial charge in [0.1, 0.15) is 11.6 Å². The van der Waals surface area contributed by atoms with Crippen LogP contribution in [0, 0.1) is 0 Å². The smallest absolute Gasteiger partial charge is 0.254 e. The second-order valence-corrected chi connectivity index (χ2v) is 7.52. The van der Waals surface area contributed by atoms with Crippen LogP contribution in [0.3, 0.4) is 0 Å². The first kappa shape index (κ1) is 17.3. The van der Waals surface area contributed by atoms with Gasteiger partial charge in [0, 0.05) is 31.1 Å². The van der Waals surface area contributed by atoms with Crippen molar-refractivity contribution in [1.29, 1.82) is 0 Å². The quantitative estimate of drug-likeness (QED) is 0.915. The molecule has 1 saturated carbocycles. The largest absolute Gasteiger partial charge is 0.497 e. The fraction of sp³-hybridized carbons (Fsp3) is 0.524. The molecular formula is C21H27N3O2. The number of benzene rings is 1. The molecule has 1 aromatic heterocycles. The predicted octanol–water partition coefficient (Wildman–Crippen LogP) is 3.38. The highest BCUT2D eigenvalue weighted by atomic mass is 16.5. The fourth-order valence-electron chi connectivity index (χ4n) is 4.21. The van der Waals surface area contributed by atoms with Crippen molar-refractivity contribution in [3.63, 3.8) is 0 Å². The number of fused-ring (bicyclic) bond motifs is 1. The molecule has 0 atom stereocenters. The van der Waals surface area contributed by atoms with Crippen LogP contribution in [0.4, 0.5) is 0 Å². The van der Waals surface area contributed by atoms with Crippen molar-refractivity contribution in [3.05, 3.63) is 57.3 Å². The lowest BCUT2D eigenvalue weighted by Gasteiger charge is -2.29. The lowest BCUT2D eigenvalue weighted by molar-refractivity contribution is 0.239. The molecule has 5 heteroatoms. The first-order chi connectivity index (χ1) is 12.7. The first-order valence-corrected chi connectivity index (χ1v) is 9.70. The van der Waals surface area contributed by atoms with Crippen LogP contribution in [0.5, 0.6) is 5.75 Å². The van der Waals surface area contributed by atoms with Crippen LogP contribution in [0.1, 0.15) is 60.7 Å². The molecule has 0 radical (unpaired) electrons. The van der Waals surface area contributed by atoms with Gasteiger partial charge in [0.2, 0.25) is 0 Å². The van der Waals surface area contributed by atoms with Gasteiger partial charge >= 0.3 is 0 Å². The average Bonchev–Trinajstić information content (AvgIpc) is 2.69. The number of methoxy groups -OCH3 is 1. The van der Waals surface area contributed by atoms with Crippen LogP contribution in [-0.2, 0) is 19.5 Å². The molecule has 0 unspecified atom stereocenters. The summed E-state index contributed by atoms with van der Waals surface area (Å²) in [6.45, 7) is 2.52. The summed E-state index contributed by atoms with van der Waals surface area (Å²) in [6, 6.07) is 8.20. The summed E-state index contributed by atoms with van der Waals surface area (Å²) in [6.07, 6.45) is 6.87. The third kappa shape index (κ3) is 3.68. The Bertz CT molecular complexity index is 807. The third-order valence-corrected chi connectivity index (χ3v) is 5.73. The number of ether oxygens (including phenoxy) is 1. The molecule has 138 valence electrons. The van der Waals surface area contributed by atoms with Gasteiger partial charge in [-0.25, -0.2) is 4.98 Å². The van der Waals surface area contributed by atoms with Gasteiger partial charge < -0.3 is 9.72 Å². The predicted molar refractivity (Wildman–Crippen MR) is 101 cm³/mol. The van der Waals surface area contributed by atoms with Gasteiger partial charge in [-0.1, -0.05) is 31.4 Å². The molecular weight excluding hydrogens is 326 g/mol. The Hall–Kier alpha value is -2.14. The number of hydrogen-bond acceptors (Lipinski definition) is 4. The van der Waals surface area contributed by atoms with Gasteiger partial charge in [-0.15, -0.1) is 0 Å². The van der Waals surface area contributed by atoms with Crippen molar-refractivity contribution in [3.8, 4) is 5.75 Å². The second-order valence-electron chi connectivity index (χ2n) is 7.52. The fourth-order valence-corrected chi connectivity index (χ4v) is 4.21. The highest BCUT2D eigenvalue weighted by Gasteiger charge is 2.24. The third-order valence-electron chi connectivity index (χ3n) is 5.73. The van der Waals surface area contributed by atoms with E-state index in [1.54, 1.807) is 7.11 Å². The maximum atomic E-state index is 12.5. The molecule has 5 nitrogen and oxygen atoms in total. The molecule has 2 heterocycles. The molecule has 26 heavy (non-hydrogen) atoms. The molecule has 1 aliphatic heterocycles. The molecule has 1 aromatic carbocycles. The standard InChI is InChI=1S/C21H27N3O2/c1-26-17-9-7-15(8-10-17)13-24-12-11-18-19(14-24)22-20(23-21(18)25)16-5-3-2-4-6-16/h7-10,16H,2-6,11-14H2,1H3,(H,22,23,25). The summed E-state index contributed by atoms with van der Waals surface area (Å²) < 4.78 is 5.23. The second kappa shape index (κ2) is 7.62. The summed E-state index contributed by atoms with van der Waals surface area (Å²) >= 11 is 0. The molecule has 2 aromatic rings. The number of rotatable bonds is 4. The number of nitrogens with one attached hydrogen (secondary N) is 1. The minimum atomic E-state index is 0.0830. The van der Waals surface area contributed by atoms with Crippen molar-refractivity contribution in [2.24, 2.45) is 0 Å². The minimum absolute atomic E-state index is 0.0830. The summed E-state index contributed by atoms with van der Waals surface area (Å²) in [4.78, 5) is 22.9. The first-order valence-electron chi connectivity index (χ1n) is 9.70. The SMILES string of the molecule is COc1ccc(CN2CCc3c(nc(C4CCCCC4)[nH]c3=O)C2)cc1. The van der Waals surface area contributed by atoms with Gasteiger partial charge in [-0.3, -0.25) is 9.69 Å². The van der Waals surface area contributed by atoms with E-state index in [1.165, 1.54) is 24.8 Å². The van der Waals surface area contributed by atoms with Gasteiger partial charge in [0.25, 0.3) is 5.56 Å². The average molecular weight is 353 g/mol. The molecule has 1 fully saturated rings. The molecule has 0 saturated heterocycles. The van der Waals surface area contributed by atoms with Crippen molar-refractivity contribution in [2.75, 3.05) is 13.7 Å². The van der Waals surface area contributed by atoms with E-state index in [0.717, 1.165) is 61.7 Å². The molecule has 2 aliphatic rings. The van der Waals surface area contributed by atoms with E-state index in [9.17, 15) is 4.79 Å². The molecule has 4 rings (SSSR count). The summed E-state index contributed by atoms with van der Waals surface area (Å²) in [7, 11) is 1.68. The molecule has 0 bridgehead atoms. The Morgan fingerprint density at radius 2 is 1.96 bits per heavy atom. The van der Waals surface area contributed by atoms with E-state index in [1.807, 2.05) is 12.1 Å². The topological polar surface area (TPSA) is 58.2 Å². The van der Waals surface area contributed by atoms with Crippen molar-refractivity contribution < 1.29 is 4.74 Å². The van der Waals surface area contributed by atoms with Gasteiger partial charge in [0.05, 0.1) is 12.8 Å². The zero-order chi connectivity index (χ0) is 17.9. The molecule has 1 aliphatic carbocycles. The van der Waals surface area contributed by atoms with E-state index in [2.05, 4.69) is 22.0 Å². The summed E-state index contributed by atoms with van der Waals surface area (Å²) in [5.41, 5.74) is 3.20. The highest BCUT2D eigenvalue weighted by molar-refractivity contribution is 5.28. The Labute approximate surface area is 154 Å². The lowest BCUT2D eigenvalue weighted by Crippen LogP contribution is -2.35. The van der Waals surface area contributed by atoms with Crippen LogP contribution in [-0.4, -0.2) is 28.5 Å². The maximum Gasteiger partial charge on any atom is 0.254 e. The Morgan fingerprint density at radius 3 is 2.69 bits per heavy atom. The van der Waals surface area contributed by atoms with E-state index >= 15 is 0 Å². The number of H-pyrrole nitrogens is 1. The zero-order valence-corrected chi connectivity index (χ0v) is 15.5. The van der Waals surface area contributed by atoms with E-state index in [0.29, 0.717) is 5.92 Å². The minimum Gasteiger partial charge on any atom is -0.497 e. The molecule has 0 amide bonds. The van der Waals surface area contributed by atoms with Crippen LogP contribution < -0.4 is 10.3 Å². The van der Waals surface area contributed by atoms with Crippen molar-refractivity contribution >= 4 is 0 Å². The molecule has 1 N–H and O–H groups in total. The Kier molecular flexibility index (Phi) is 5.07. The van der Waals surface area contributed by atoms with Crippen molar-refractivity contribution in [2.45, 2.75) is 57.5 Å². The van der Waals surface area contributed by atoms with Crippen molar-refractivity contribution in [1.82, 2.24) is 14.9 Å². The maximum absolute atomic E-state index is 12.5. The number of nitrogens with zero attached hydrogens (tertiary/aromatic N) is 2. The van der Waals surface area contributed by atoms with Gasteiger partial charge in [-0.05, 0) is 37.0 Å². The Morgan fingerprint density at radius 1 is 1.19 bits per heavy atom. The number of aromatic amines is 1. The van der Waals surface area contributed by atoms with Crippen LogP contribution >= 0.6 is 0 Å². The van der Waals surface area contributed by atoms with Gasteiger partial charge in [-0.2, -0.15) is 0 Å². The number of hydrogen-bond donors (Lipinski definition) is 1. The zero-order valence-electron chi connectivity index (χ0n) is 15.5. The summed E-state index contributed by atoms with van der Waals surface area (Å²) in [5.74, 6) is 2.22. The van der Waals surface area contributed by atoms with E-state index in [4.69, 9.17) is 9.72 Å². The van der Waals surface area contributed by atoms with E-state index < -0.39 is 0 Å². The van der Waals surface area contributed by atoms with Gasteiger partial charge in [0.15, 0.2) is 0 Å². The van der Waals surface area contributed by atoms with E-state index in [-0.39, 0.29) is 5.56 Å². The number of aromatic nitrogens is 2. The lowest BCUT2D eigenvalue weighted by atomic mass is 9.88. The van der Waals surface area contributed by atoms with Crippen LogP contribution in [0.15, 0.2) is 29.1 Å². The van der Waals surface area contributed by atoms with Crippen LogP contribution in [0.2, 0.25) is 0 Å².